The summed E-state index contributed by atoms with van der Waals surface area (Å²) in [6, 6.07) is 11.8. The third kappa shape index (κ3) is 15.0. The van der Waals surface area contributed by atoms with Gasteiger partial charge in [0, 0.05) is 0 Å². The Morgan fingerprint density at radius 2 is 0.552 bits per heavy atom. The van der Waals surface area contributed by atoms with E-state index in [-0.39, 0.29) is 11.5 Å². The smallest absolute Gasteiger partial charge is 0.490 e. The fourth-order valence-electron chi connectivity index (χ4n) is 7.34. The molecule has 2 N–H and O–H groups in total. The van der Waals surface area contributed by atoms with E-state index in [0.717, 1.165) is 154 Å². The third-order valence-electron chi connectivity index (χ3n) is 10.6. The second-order valence-electron chi connectivity index (χ2n) is 15.7. The van der Waals surface area contributed by atoms with E-state index in [1.807, 2.05) is 12.1 Å². The zero-order valence-electron chi connectivity index (χ0n) is 36.3. The minimum Gasteiger partial charge on any atom is -0.490 e. The summed E-state index contributed by atoms with van der Waals surface area (Å²) in [6.45, 7) is 13.7. The lowest BCUT2D eigenvalue weighted by molar-refractivity contribution is 0.259. The van der Waals surface area contributed by atoms with Crippen LogP contribution < -0.4 is 28.2 Å². The van der Waals surface area contributed by atoms with Gasteiger partial charge in [0.05, 0.1) is 33.0 Å². The first-order valence-electron chi connectivity index (χ1n) is 22.7. The number of phosphoric ester groups is 1. The van der Waals surface area contributed by atoms with E-state index in [0.29, 0.717) is 56.0 Å². The molecular formula is C48H73O9P. The molecule has 4 rings (SSSR count). The zero-order valence-corrected chi connectivity index (χ0v) is 37.2. The summed E-state index contributed by atoms with van der Waals surface area (Å²) in [5.74, 6) is 2.98. The molecule has 9 nitrogen and oxygen atoms in total. The van der Waals surface area contributed by atoms with Crippen LogP contribution in [0.15, 0.2) is 36.4 Å². The Morgan fingerprint density at radius 1 is 0.345 bits per heavy atom. The van der Waals surface area contributed by atoms with Gasteiger partial charge in [-0.25, -0.2) is 4.57 Å². The van der Waals surface area contributed by atoms with Gasteiger partial charge in [-0.2, -0.15) is 0 Å². The lowest BCUT2D eigenvalue weighted by Gasteiger charge is -2.21. The van der Waals surface area contributed by atoms with Crippen molar-refractivity contribution in [2.75, 3.05) is 33.0 Å². The molecule has 0 spiro atoms. The van der Waals surface area contributed by atoms with Crippen molar-refractivity contribution in [3.63, 3.8) is 0 Å². The average molecular weight is 825 g/mol. The van der Waals surface area contributed by atoms with Crippen molar-refractivity contribution >= 4 is 40.1 Å². The summed E-state index contributed by atoms with van der Waals surface area (Å²) >= 11 is 0. The van der Waals surface area contributed by atoms with Gasteiger partial charge in [-0.1, -0.05) is 131 Å². The summed E-state index contributed by atoms with van der Waals surface area (Å²) in [5.41, 5.74) is 0. The van der Waals surface area contributed by atoms with Crippen LogP contribution in [0.2, 0.25) is 0 Å². The van der Waals surface area contributed by atoms with Crippen molar-refractivity contribution in [3.05, 3.63) is 36.4 Å². The quantitative estimate of drug-likeness (QED) is 0.0282. The van der Waals surface area contributed by atoms with Crippen LogP contribution >= 0.6 is 7.82 Å². The fraction of sp³-hybridized carbons (Fsp3) is 0.625. The molecule has 0 saturated heterocycles. The van der Waals surface area contributed by atoms with Crippen LogP contribution in [0, 0.1) is 0 Å². The predicted octanol–water partition coefficient (Wildman–Crippen LogP) is 14.4. The minimum absolute atomic E-state index is 0.00492. The Labute approximate surface area is 348 Å². The second kappa shape index (κ2) is 26.0. The second-order valence-corrected chi connectivity index (χ2v) is 16.8. The highest BCUT2D eigenvalue weighted by atomic mass is 31.2. The Morgan fingerprint density at radius 3 is 0.759 bits per heavy atom. The van der Waals surface area contributed by atoms with Crippen molar-refractivity contribution in [1.82, 2.24) is 0 Å². The lowest BCUT2D eigenvalue weighted by atomic mass is 9.93. The molecule has 4 aromatic carbocycles. The molecule has 324 valence electrons. The van der Waals surface area contributed by atoms with Gasteiger partial charge in [0.1, 0.15) is 0 Å². The lowest BCUT2D eigenvalue weighted by Crippen LogP contribution is -2.04. The number of benzene rings is 4. The standard InChI is InChI=1S/C48H73O9P/c1-6-11-16-21-26-52-43-31-37-38-32-44(53-27-22-17-12-7-2)46(55-29-24-19-14-9-4)34-40(38)42-36-48(57-58(49,50)51)47(56-30-25-20-15-10-5)35-41(42)39(37)33-45(43)54-28-23-18-13-8-3/h31-36H,6-30H2,1-5H3,(H2,49,50,51). The summed E-state index contributed by atoms with van der Waals surface area (Å²) in [6.07, 6.45) is 21.3. The van der Waals surface area contributed by atoms with E-state index in [2.05, 4.69) is 52.8 Å². The van der Waals surface area contributed by atoms with E-state index in [1.54, 1.807) is 6.07 Å². The summed E-state index contributed by atoms with van der Waals surface area (Å²) in [5, 5.41) is 5.20. The molecule has 0 aliphatic carbocycles. The van der Waals surface area contributed by atoms with Crippen LogP contribution in [0.3, 0.4) is 0 Å². The molecule has 0 aromatic heterocycles. The number of phosphoric acid groups is 1. The topological polar surface area (TPSA) is 113 Å². The van der Waals surface area contributed by atoms with Crippen molar-refractivity contribution in [1.29, 1.82) is 0 Å². The van der Waals surface area contributed by atoms with E-state index < -0.39 is 7.82 Å². The molecule has 0 atom stereocenters. The Bertz CT molecular complexity index is 1800. The minimum atomic E-state index is -4.93. The largest absolute Gasteiger partial charge is 0.524 e. The first kappa shape index (κ1) is 47.3. The highest BCUT2D eigenvalue weighted by Gasteiger charge is 2.24. The van der Waals surface area contributed by atoms with E-state index in [9.17, 15) is 14.4 Å². The van der Waals surface area contributed by atoms with Gasteiger partial charge in [-0.3, -0.25) is 9.79 Å². The first-order valence-corrected chi connectivity index (χ1v) is 24.2. The van der Waals surface area contributed by atoms with Crippen LogP contribution in [0.25, 0.3) is 32.3 Å². The van der Waals surface area contributed by atoms with E-state index >= 15 is 0 Å². The van der Waals surface area contributed by atoms with Gasteiger partial charge in [-0.15, -0.1) is 0 Å². The van der Waals surface area contributed by atoms with E-state index in [1.165, 1.54) is 6.42 Å². The molecule has 0 aliphatic heterocycles. The number of ether oxygens (including phenoxy) is 5. The number of unbranched alkanes of at least 4 members (excludes halogenated alkanes) is 15. The number of hydrogen-bond acceptors (Lipinski definition) is 7. The van der Waals surface area contributed by atoms with Crippen molar-refractivity contribution < 1.29 is 42.6 Å². The van der Waals surface area contributed by atoms with Crippen molar-refractivity contribution in [2.45, 2.75) is 163 Å². The fourth-order valence-corrected chi connectivity index (χ4v) is 7.73. The van der Waals surface area contributed by atoms with Gasteiger partial charge in [0.15, 0.2) is 34.5 Å². The maximum absolute atomic E-state index is 12.4. The molecule has 0 unspecified atom stereocenters. The first-order chi connectivity index (χ1) is 28.2. The van der Waals surface area contributed by atoms with Crippen LogP contribution in [0.1, 0.15) is 163 Å². The molecule has 0 fully saturated rings. The molecule has 0 amide bonds. The highest BCUT2D eigenvalue weighted by molar-refractivity contribution is 7.46. The van der Waals surface area contributed by atoms with Crippen molar-refractivity contribution in [3.8, 4) is 34.5 Å². The Kier molecular flexibility index (Phi) is 21.2. The Hall–Kier alpha value is -3.39. The molecule has 4 aromatic rings. The number of fused-ring (bicyclic) bond motifs is 6. The van der Waals surface area contributed by atoms with Crippen LogP contribution in [-0.4, -0.2) is 42.8 Å². The third-order valence-corrected chi connectivity index (χ3v) is 11.1. The van der Waals surface area contributed by atoms with Gasteiger partial charge >= 0.3 is 7.82 Å². The molecule has 0 heterocycles. The molecular weight excluding hydrogens is 751 g/mol. The SMILES string of the molecule is CCCCCCOc1cc2c3cc(OCCCCCC)c(OCCCCCC)cc3c3cc(OP(=O)(O)O)c(OCCCCCC)cc3c2cc1OCCCCCC. The van der Waals surface area contributed by atoms with Crippen molar-refractivity contribution in [2.24, 2.45) is 0 Å². The van der Waals surface area contributed by atoms with Gasteiger partial charge < -0.3 is 28.2 Å². The maximum atomic E-state index is 12.4. The number of hydrogen-bond donors (Lipinski definition) is 2. The Balaban J connectivity index is 1.98. The van der Waals surface area contributed by atoms with E-state index in [4.69, 9.17) is 28.2 Å². The predicted molar refractivity (Wildman–Crippen MR) is 240 cm³/mol. The number of rotatable bonds is 32. The monoisotopic (exact) mass is 824 g/mol. The molecule has 10 heteroatoms. The maximum Gasteiger partial charge on any atom is 0.524 e. The molecule has 0 bridgehead atoms. The summed E-state index contributed by atoms with van der Waals surface area (Å²) in [4.78, 5) is 20.1. The molecule has 0 radical (unpaired) electrons. The van der Waals surface area contributed by atoms with Gasteiger partial charge in [-0.05, 0) is 101 Å². The molecule has 0 saturated carbocycles. The van der Waals surface area contributed by atoms with Crippen LogP contribution in [-0.2, 0) is 4.57 Å². The highest BCUT2D eigenvalue weighted by Crippen LogP contribution is 2.49. The van der Waals surface area contributed by atoms with Gasteiger partial charge in [0.25, 0.3) is 0 Å². The average Bonchev–Trinajstić information content (AvgIpc) is 3.20. The zero-order chi connectivity index (χ0) is 41.6. The normalized spacial score (nSPS) is 11.8. The summed E-state index contributed by atoms with van der Waals surface area (Å²) in [7, 11) is -4.93. The van der Waals surface area contributed by atoms with Crippen LogP contribution in [0.5, 0.6) is 34.5 Å². The summed E-state index contributed by atoms with van der Waals surface area (Å²) < 4.78 is 50.1. The molecule has 58 heavy (non-hydrogen) atoms. The molecule has 0 aliphatic rings. The van der Waals surface area contributed by atoms with Crippen LogP contribution in [0.4, 0.5) is 0 Å². The van der Waals surface area contributed by atoms with Gasteiger partial charge in [0.2, 0.25) is 0 Å².